The summed E-state index contributed by atoms with van der Waals surface area (Å²) >= 11 is 5.98. The zero-order valence-corrected chi connectivity index (χ0v) is 11.0. The predicted octanol–water partition coefficient (Wildman–Crippen LogP) is 2.64. The maximum absolute atomic E-state index is 11.7. The monoisotopic (exact) mass is 270 g/mol. The Balaban J connectivity index is 2.15. The molecule has 0 saturated heterocycles. The van der Waals surface area contributed by atoms with Gasteiger partial charge in [-0.3, -0.25) is 0 Å². The number of halogens is 1. The van der Waals surface area contributed by atoms with E-state index in [-0.39, 0.29) is 6.03 Å². The molecule has 6 heteroatoms. The molecule has 18 heavy (non-hydrogen) atoms. The van der Waals surface area contributed by atoms with Gasteiger partial charge in [-0.1, -0.05) is 11.6 Å². The van der Waals surface area contributed by atoms with E-state index in [1.54, 1.807) is 12.1 Å². The molecule has 0 aromatic heterocycles. The highest BCUT2D eigenvalue weighted by Gasteiger charge is 2.23. The summed E-state index contributed by atoms with van der Waals surface area (Å²) in [5.41, 5.74) is 0.525. The van der Waals surface area contributed by atoms with Gasteiger partial charge in [-0.2, -0.15) is 0 Å². The summed E-state index contributed by atoms with van der Waals surface area (Å²) < 4.78 is 10.3. The van der Waals surface area contributed by atoms with Gasteiger partial charge in [-0.15, -0.1) is 0 Å². The number of nitrogens with one attached hydrogen (secondary N) is 2. The van der Waals surface area contributed by atoms with Gasteiger partial charge in [0, 0.05) is 18.2 Å². The normalized spacial score (nSPS) is 13.9. The topological polar surface area (TPSA) is 59.6 Å². The number of amides is 2. The molecule has 1 aromatic rings. The Labute approximate surface area is 110 Å². The lowest BCUT2D eigenvalue weighted by molar-refractivity contribution is 0.251. The number of benzene rings is 1. The van der Waals surface area contributed by atoms with Gasteiger partial charge >= 0.3 is 6.03 Å². The second-order valence-electron chi connectivity index (χ2n) is 4.06. The quantitative estimate of drug-likeness (QED) is 0.884. The molecule has 1 aromatic carbocycles. The van der Waals surface area contributed by atoms with Crippen LogP contribution in [-0.4, -0.2) is 26.3 Å². The average molecular weight is 271 g/mol. The van der Waals surface area contributed by atoms with Crippen molar-refractivity contribution in [1.82, 2.24) is 5.32 Å². The fraction of sp³-hybridized carbons (Fsp3) is 0.417. The largest absolute Gasteiger partial charge is 0.495 e. The maximum atomic E-state index is 11.7. The Kier molecular flexibility index (Phi) is 3.81. The highest BCUT2D eigenvalue weighted by Crippen LogP contribution is 2.35. The number of rotatable bonds is 4. The van der Waals surface area contributed by atoms with Crippen LogP contribution in [0.1, 0.15) is 12.8 Å². The first-order valence-corrected chi connectivity index (χ1v) is 6.01. The van der Waals surface area contributed by atoms with Crippen LogP contribution < -0.4 is 20.1 Å². The maximum Gasteiger partial charge on any atom is 0.319 e. The van der Waals surface area contributed by atoms with Crippen molar-refractivity contribution < 1.29 is 14.3 Å². The van der Waals surface area contributed by atoms with Gasteiger partial charge < -0.3 is 20.1 Å². The van der Waals surface area contributed by atoms with Gasteiger partial charge in [0.1, 0.15) is 11.5 Å². The van der Waals surface area contributed by atoms with E-state index in [1.807, 2.05) is 0 Å². The molecule has 1 aliphatic rings. The number of methoxy groups -OCH3 is 2. The van der Waals surface area contributed by atoms with Gasteiger partial charge in [-0.25, -0.2) is 4.79 Å². The first-order valence-electron chi connectivity index (χ1n) is 5.63. The van der Waals surface area contributed by atoms with E-state index in [9.17, 15) is 4.79 Å². The Morgan fingerprint density at radius 3 is 2.50 bits per heavy atom. The number of carbonyl (C=O) groups is 1. The molecule has 0 heterocycles. The summed E-state index contributed by atoms with van der Waals surface area (Å²) in [6, 6.07) is 3.28. The Bertz CT molecular complexity index is 461. The number of ether oxygens (including phenoxy) is 2. The number of carbonyl (C=O) groups excluding carboxylic acids is 1. The van der Waals surface area contributed by atoms with Gasteiger partial charge in [0.25, 0.3) is 0 Å². The summed E-state index contributed by atoms with van der Waals surface area (Å²) in [5, 5.41) is 5.98. The molecule has 1 fully saturated rings. The van der Waals surface area contributed by atoms with Crippen LogP contribution in [0.2, 0.25) is 5.02 Å². The molecular weight excluding hydrogens is 256 g/mol. The highest BCUT2D eigenvalue weighted by atomic mass is 35.5. The van der Waals surface area contributed by atoms with Crippen LogP contribution in [0, 0.1) is 0 Å². The third-order valence-corrected chi connectivity index (χ3v) is 2.93. The van der Waals surface area contributed by atoms with Crippen LogP contribution in [0.3, 0.4) is 0 Å². The van der Waals surface area contributed by atoms with Crippen LogP contribution >= 0.6 is 11.6 Å². The van der Waals surface area contributed by atoms with Gasteiger partial charge in [0.15, 0.2) is 0 Å². The molecule has 1 aliphatic carbocycles. The number of hydrogen-bond donors (Lipinski definition) is 2. The van der Waals surface area contributed by atoms with Crippen LogP contribution in [0.5, 0.6) is 11.5 Å². The molecular formula is C12H15ClN2O3. The predicted molar refractivity (Wildman–Crippen MR) is 69.7 cm³/mol. The molecule has 0 spiro atoms. The fourth-order valence-corrected chi connectivity index (χ4v) is 1.76. The van der Waals surface area contributed by atoms with Crippen molar-refractivity contribution in [2.24, 2.45) is 0 Å². The molecule has 2 amide bonds. The van der Waals surface area contributed by atoms with Crippen molar-refractivity contribution in [3.63, 3.8) is 0 Å². The molecule has 98 valence electrons. The SMILES string of the molecule is COc1cc(NC(=O)NC2CC2)c(OC)cc1Cl. The Morgan fingerprint density at radius 1 is 1.28 bits per heavy atom. The third-order valence-electron chi connectivity index (χ3n) is 2.63. The summed E-state index contributed by atoms with van der Waals surface area (Å²) in [6.07, 6.45) is 2.07. The molecule has 0 radical (unpaired) electrons. The molecule has 2 N–H and O–H groups in total. The summed E-state index contributed by atoms with van der Waals surface area (Å²) in [4.78, 5) is 11.7. The standard InChI is InChI=1S/C12H15ClN2O3/c1-17-10-6-9(11(18-2)5-8(10)13)15-12(16)14-7-3-4-7/h5-7H,3-4H2,1-2H3,(H2,14,15,16). The second-order valence-corrected chi connectivity index (χ2v) is 4.47. The van der Waals surface area contributed by atoms with Crippen molar-refractivity contribution in [3.05, 3.63) is 17.2 Å². The van der Waals surface area contributed by atoms with E-state index in [4.69, 9.17) is 21.1 Å². The Morgan fingerprint density at radius 2 is 1.94 bits per heavy atom. The minimum Gasteiger partial charge on any atom is -0.495 e. The van der Waals surface area contributed by atoms with Crippen molar-refractivity contribution in [3.8, 4) is 11.5 Å². The van der Waals surface area contributed by atoms with E-state index in [2.05, 4.69) is 10.6 Å². The van der Waals surface area contributed by atoms with Crippen molar-refractivity contribution in [2.75, 3.05) is 19.5 Å². The van der Waals surface area contributed by atoms with E-state index in [0.717, 1.165) is 12.8 Å². The minimum atomic E-state index is -0.250. The first kappa shape index (κ1) is 12.8. The molecule has 0 unspecified atom stereocenters. The lowest BCUT2D eigenvalue weighted by Crippen LogP contribution is -2.30. The smallest absolute Gasteiger partial charge is 0.319 e. The van der Waals surface area contributed by atoms with E-state index >= 15 is 0 Å². The van der Waals surface area contributed by atoms with Crippen molar-refractivity contribution >= 4 is 23.3 Å². The van der Waals surface area contributed by atoms with Crippen molar-refractivity contribution in [1.29, 1.82) is 0 Å². The first-order chi connectivity index (χ1) is 8.63. The molecule has 1 saturated carbocycles. The van der Waals surface area contributed by atoms with Crippen LogP contribution in [-0.2, 0) is 0 Å². The van der Waals surface area contributed by atoms with Gasteiger partial charge in [0.2, 0.25) is 0 Å². The molecule has 2 rings (SSSR count). The summed E-state index contributed by atoms with van der Waals surface area (Å²) in [6.45, 7) is 0. The summed E-state index contributed by atoms with van der Waals surface area (Å²) in [7, 11) is 3.03. The fourth-order valence-electron chi connectivity index (χ4n) is 1.53. The van der Waals surface area contributed by atoms with E-state index < -0.39 is 0 Å². The van der Waals surface area contributed by atoms with Crippen molar-refractivity contribution in [2.45, 2.75) is 18.9 Å². The summed E-state index contributed by atoms with van der Waals surface area (Å²) in [5.74, 6) is 0.978. The lowest BCUT2D eigenvalue weighted by Gasteiger charge is -2.13. The number of urea groups is 1. The minimum absolute atomic E-state index is 0.250. The highest BCUT2D eigenvalue weighted by molar-refractivity contribution is 6.32. The van der Waals surface area contributed by atoms with Gasteiger partial charge in [0.05, 0.1) is 24.9 Å². The van der Waals surface area contributed by atoms with E-state index in [0.29, 0.717) is 28.3 Å². The molecule has 0 bridgehead atoms. The molecule has 0 aliphatic heterocycles. The lowest BCUT2D eigenvalue weighted by atomic mass is 10.2. The zero-order valence-electron chi connectivity index (χ0n) is 10.2. The van der Waals surface area contributed by atoms with Gasteiger partial charge in [-0.05, 0) is 12.8 Å². The van der Waals surface area contributed by atoms with Crippen LogP contribution in [0.25, 0.3) is 0 Å². The second kappa shape index (κ2) is 5.35. The zero-order chi connectivity index (χ0) is 13.1. The van der Waals surface area contributed by atoms with Crippen LogP contribution in [0.4, 0.5) is 10.5 Å². The molecule has 5 nitrogen and oxygen atoms in total. The van der Waals surface area contributed by atoms with Crippen LogP contribution in [0.15, 0.2) is 12.1 Å². The molecule has 0 atom stereocenters. The number of hydrogen-bond acceptors (Lipinski definition) is 3. The average Bonchev–Trinajstić information content (AvgIpc) is 3.14. The van der Waals surface area contributed by atoms with E-state index in [1.165, 1.54) is 14.2 Å². The number of anilines is 1. The third kappa shape index (κ3) is 2.98. The Hall–Kier alpha value is -1.62.